The zero-order valence-electron chi connectivity index (χ0n) is 11.4. The highest BCUT2D eigenvalue weighted by Crippen LogP contribution is 2.21. The summed E-state index contributed by atoms with van der Waals surface area (Å²) in [6.07, 6.45) is 7.18. The van der Waals surface area contributed by atoms with Gasteiger partial charge in [0.2, 0.25) is 0 Å². The number of hydrogen-bond donors (Lipinski definition) is 2. The minimum absolute atomic E-state index is 0.340. The molecule has 1 aromatic heterocycles. The van der Waals surface area contributed by atoms with E-state index in [1.807, 2.05) is 12.1 Å². The Morgan fingerprint density at radius 1 is 1.53 bits per heavy atom. The molecule has 1 aromatic rings. The molecule has 0 saturated heterocycles. The first kappa shape index (κ1) is 14.2. The van der Waals surface area contributed by atoms with Crippen LogP contribution in [0.15, 0.2) is 18.3 Å². The summed E-state index contributed by atoms with van der Waals surface area (Å²) in [6, 6.07) is 4.61. The Hall–Kier alpha value is -1.20. The van der Waals surface area contributed by atoms with Crippen molar-refractivity contribution >= 4 is 22.9 Å². The van der Waals surface area contributed by atoms with Crippen LogP contribution in [0.2, 0.25) is 0 Å². The molecule has 0 unspecified atom stereocenters. The molecule has 1 fully saturated rings. The van der Waals surface area contributed by atoms with Crippen LogP contribution in [-0.2, 0) is 0 Å². The van der Waals surface area contributed by atoms with Crippen molar-refractivity contribution in [3.05, 3.63) is 24.0 Å². The molecule has 1 heterocycles. The molecule has 1 aliphatic rings. The molecule has 0 spiro atoms. The van der Waals surface area contributed by atoms with Gasteiger partial charge in [-0.1, -0.05) is 25.1 Å². The summed E-state index contributed by atoms with van der Waals surface area (Å²) in [5.74, 6) is 0. The molecule has 3 N–H and O–H groups in total. The molecule has 2 rings (SSSR count). The lowest BCUT2D eigenvalue weighted by Crippen LogP contribution is -2.33. The lowest BCUT2D eigenvalue weighted by atomic mass is 10.2. The van der Waals surface area contributed by atoms with Crippen LogP contribution < -0.4 is 11.1 Å². The minimum Gasteiger partial charge on any atom is -0.388 e. The van der Waals surface area contributed by atoms with E-state index in [1.165, 1.54) is 25.7 Å². The summed E-state index contributed by atoms with van der Waals surface area (Å²) in [6.45, 7) is 1.98. The number of thiocarbonyl (C=S) groups is 1. The van der Waals surface area contributed by atoms with Crippen molar-refractivity contribution in [1.82, 2.24) is 9.88 Å². The normalized spacial score (nSPS) is 15.9. The van der Waals surface area contributed by atoms with E-state index in [9.17, 15) is 0 Å². The van der Waals surface area contributed by atoms with Crippen LogP contribution in [0.5, 0.6) is 0 Å². The lowest BCUT2D eigenvalue weighted by molar-refractivity contribution is 0.254. The van der Waals surface area contributed by atoms with Crippen LogP contribution in [-0.4, -0.2) is 41.1 Å². The van der Waals surface area contributed by atoms with E-state index in [0.717, 1.165) is 24.8 Å². The second-order valence-electron chi connectivity index (χ2n) is 5.14. The minimum atomic E-state index is 0.340. The van der Waals surface area contributed by atoms with Crippen LogP contribution in [0.4, 0.5) is 5.69 Å². The molecule has 0 radical (unpaired) electrons. The molecule has 0 aliphatic heterocycles. The van der Waals surface area contributed by atoms with E-state index in [2.05, 4.69) is 22.2 Å². The maximum Gasteiger partial charge on any atom is 0.122 e. The molecule has 0 aromatic carbocycles. The second kappa shape index (κ2) is 6.82. The molecule has 1 aliphatic carbocycles. The average Bonchev–Trinajstić information content (AvgIpc) is 2.93. The first-order chi connectivity index (χ1) is 9.16. The van der Waals surface area contributed by atoms with Gasteiger partial charge in [-0.25, -0.2) is 0 Å². The summed E-state index contributed by atoms with van der Waals surface area (Å²) in [5, 5.41) is 3.40. The van der Waals surface area contributed by atoms with E-state index in [4.69, 9.17) is 18.0 Å². The van der Waals surface area contributed by atoms with Crippen molar-refractivity contribution in [3.63, 3.8) is 0 Å². The van der Waals surface area contributed by atoms with Gasteiger partial charge in [-0.15, -0.1) is 0 Å². The Morgan fingerprint density at radius 3 is 2.95 bits per heavy atom. The molecule has 1 saturated carbocycles. The number of hydrogen-bond acceptors (Lipinski definition) is 4. The van der Waals surface area contributed by atoms with Crippen molar-refractivity contribution in [1.29, 1.82) is 0 Å². The van der Waals surface area contributed by atoms with Crippen molar-refractivity contribution in [2.75, 3.05) is 25.5 Å². The van der Waals surface area contributed by atoms with Gasteiger partial charge in [0.15, 0.2) is 0 Å². The number of nitrogens with two attached hydrogens (primary N) is 1. The zero-order chi connectivity index (χ0) is 13.7. The quantitative estimate of drug-likeness (QED) is 0.780. The highest BCUT2D eigenvalue weighted by Gasteiger charge is 2.18. The van der Waals surface area contributed by atoms with Crippen LogP contribution in [0, 0.1) is 0 Å². The number of pyridine rings is 1. The molecule has 104 valence electrons. The number of nitrogens with one attached hydrogen (secondary N) is 1. The van der Waals surface area contributed by atoms with Crippen molar-refractivity contribution in [3.8, 4) is 0 Å². The predicted octanol–water partition coefficient (Wildman–Crippen LogP) is 2.00. The highest BCUT2D eigenvalue weighted by molar-refractivity contribution is 7.80. The smallest absolute Gasteiger partial charge is 0.122 e. The summed E-state index contributed by atoms with van der Waals surface area (Å²) < 4.78 is 0. The standard InChI is InChI=1S/C14H22N4S/c1-18(12-4-2-3-5-12)9-8-16-11-6-7-17-13(10-11)14(15)19/h6-7,10,12H,2-5,8-9H2,1H3,(H2,15,19)(H,16,17). The fourth-order valence-corrected chi connectivity index (χ4v) is 2.69. The Bertz CT molecular complexity index is 429. The van der Waals surface area contributed by atoms with E-state index >= 15 is 0 Å². The number of rotatable bonds is 6. The summed E-state index contributed by atoms with van der Waals surface area (Å²) in [7, 11) is 2.21. The Morgan fingerprint density at radius 2 is 2.26 bits per heavy atom. The second-order valence-corrected chi connectivity index (χ2v) is 5.58. The third kappa shape index (κ3) is 4.14. The first-order valence-electron chi connectivity index (χ1n) is 6.87. The van der Waals surface area contributed by atoms with Gasteiger partial charge < -0.3 is 16.0 Å². The fraction of sp³-hybridized carbons (Fsp3) is 0.571. The third-order valence-electron chi connectivity index (χ3n) is 3.75. The van der Waals surface area contributed by atoms with E-state index < -0.39 is 0 Å². The molecule has 19 heavy (non-hydrogen) atoms. The molecular formula is C14H22N4S. The van der Waals surface area contributed by atoms with Crippen LogP contribution in [0.1, 0.15) is 31.4 Å². The number of aromatic nitrogens is 1. The number of anilines is 1. The van der Waals surface area contributed by atoms with E-state index in [0.29, 0.717) is 10.7 Å². The molecule has 0 atom stereocenters. The van der Waals surface area contributed by atoms with Crippen molar-refractivity contribution in [2.24, 2.45) is 5.73 Å². The van der Waals surface area contributed by atoms with Gasteiger partial charge in [0, 0.05) is 31.0 Å². The molecule has 5 heteroatoms. The number of nitrogens with zero attached hydrogens (tertiary/aromatic N) is 2. The molecule has 0 bridgehead atoms. The van der Waals surface area contributed by atoms with Crippen molar-refractivity contribution in [2.45, 2.75) is 31.7 Å². The van der Waals surface area contributed by atoms with Gasteiger partial charge in [-0.2, -0.15) is 0 Å². The maximum atomic E-state index is 5.58. The van der Waals surface area contributed by atoms with Crippen LogP contribution >= 0.6 is 12.2 Å². The largest absolute Gasteiger partial charge is 0.388 e. The van der Waals surface area contributed by atoms with Gasteiger partial charge in [-0.05, 0) is 32.0 Å². The average molecular weight is 278 g/mol. The molecule has 4 nitrogen and oxygen atoms in total. The Labute approximate surface area is 120 Å². The summed E-state index contributed by atoms with van der Waals surface area (Å²) >= 11 is 4.93. The Balaban J connectivity index is 1.78. The first-order valence-corrected chi connectivity index (χ1v) is 7.27. The third-order valence-corrected chi connectivity index (χ3v) is 3.96. The lowest BCUT2D eigenvalue weighted by Gasteiger charge is -2.24. The highest BCUT2D eigenvalue weighted by atomic mass is 32.1. The molecule has 0 amide bonds. The van der Waals surface area contributed by atoms with E-state index in [-0.39, 0.29) is 0 Å². The van der Waals surface area contributed by atoms with Crippen LogP contribution in [0.25, 0.3) is 0 Å². The maximum absolute atomic E-state index is 5.58. The van der Waals surface area contributed by atoms with Gasteiger partial charge >= 0.3 is 0 Å². The molecular weight excluding hydrogens is 256 g/mol. The Kier molecular flexibility index (Phi) is 5.10. The topological polar surface area (TPSA) is 54.2 Å². The van der Waals surface area contributed by atoms with Crippen LogP contribution in [0.3, 0.4) is 0 Å². The van der Waals surface area contributed by atoms with Crippen molar-refractivity contribution < 1.29 is 0 Å². The van der Waals surface area contributed by atoms with Gasteiger partial charge in [-0.3, -0.25) is 4.98 Å². The summed E-state index contributed by atoms with van der Waals surface area (Å²) in [4.78, 5) is 6.92. The van der Waals surface area contributed by atoms with Gasteiger partial charge in [0.25, 0.3) is 0 Å². The van der Waals surface area contributed by atoms with Gasteiger partial charge in [0.05, 0.1) is 5.69 Å². The SMILES string of the molecule is CN(CCNc1ccnc(C(N)=S)c1)C1CCCC1. The fourth-order valence-electron chi connectivity index (χ4n) is 2.58. The predicted molar refractivity (Wildman–Crippen MR) is 83.5 cm³/mol. The summed E-state index contributed by atoms with van der Waals surface area (Å²) in [5.41, 5.74) is 7.27. The van der Waals surface area contributed by atoms with E-state index in [1.54, 1.807) is 6.20 Å². The number of likely N-dealkylation sites (N-methyl/N-ethyl adjacent to an activating group) is 1. The van der Waals surface area contributed by atoms with Gasteiger partial charge in [0.1, 0.15) is 4.99 Å². The monoisotopic (exact) mass is 278 g/mol. The zero-order valence-corrected chi connectivity index (χ0v) is 12.2.